The minimum absolute atomic E-state index is 0.117. The fraction of sp³-hybridized carbons (Fsp3) is 0.476. The molecule has 0 aliphatic rings. The smallest absolute Gasteiger partial charge is 0.377 e. The zero-order valence-electron chi connectivity index (χ0n) is 16.6. The first kappa shape index (κ1) is 22.9. The number of unbranched alkanes of at least 4 members (excludes halogenated alkanes) is 1. The van der Waals surface area contributed by atoms with Gasteiger partial charge < -0.3 is 18.9 Å². The fourth-order valence-electron chi connectivity index (χ4n) is 1.97. The average molecular weight is 395 g/mol. The van der Waals surface area contributed by atoms with Gasteiger partial charge in [0, 0.05) is 12.2 Å². The Kier molecular flexibility index (Phi) is 9.77. The standard InChI is InChI=1S/C21H27ClO5/c1-6-8-13-26-21(3,7-2)12-11-16-9-10-17(22)18(14-16)27-19(15-24-4)20(23)25-5/h9-10,14-15H,6-8,13H2,1-5H3. The summed E-state index contributed by atoms with van der Waals surface area (Å²) in [6.07, 6.45) is 3.99. The molecule has 0 aliphatic heterocycles. The van der Waals surface area contributed by atoms with Crippen LogP contribution in [0, 0.1) is 11.8 Å². The van der Waals surface area contributed by atoms with Crippen LogP contribution in [0.15, 0.2) is 30.2 Å². The fourth-order valence-corrected chi connectivity index (χ4v) is 2.13. The van der Waals surface area contributed by atoms with Crippen molar-refractivity contribution in [1.82, 2.24) is 0 Å². The summed E-state index contributed by atoms with van der Waals surface area (Å²) < 4.78 is 21.0. The molecule has 0 heterocycles. The topological polar surface area (TPSA) is 54.0 Å². The van der Waals surface area contributed by atoms with Crippen molar-refractivity contribution in [2.24, 2.45) is 0 Å². The van der Waals surface area contributed by atoms with Gasteiger partial charge in [-0.05, 0) is 38.0 Å². The largest absolute Gasteiger partial charge is 0.500 e. The summed E-state index contributed by atoms with van der Waals surface area (Å²) >= 11 is 6.17. The number of hydrogen-bond donors (Lipinski definition) is 0. The summed E-state index contributed by atoms with van der Waals surface area (Å²) in [5.74, 6) is 5.77. The second-order valence-electron chi connectivity index (χ2n) is 5.99. The lowest BCUT2D eigenvalue weighted by atomic mass is 10.0. The molecule has 1 unspecified atom stereocenters. The molecule has 0 radical (unpaired) electrons. The second kappa shape index (κ2) is 11.5. The Morgan fingerprint density at radius 2 is 2.04 bits per heavy atom. The molecule has 0 aliphatic carbocycles. The van der Waals surface area contributed by atoms with E-state index in [2.05, 4.69) is 23.5 Å². The molecule has 0 spiro atoms. The van der Waals surface area contributed by atoms with Crippen LogP contribution >= 0.6 is 11.6 Å². The quantitative estimate of drug-likeness (QED) is 0.199. The van der Waals surface area contributed by atoms with Crippen molar-refractivity contribution >= 4 is 17.6 Å². The summed E-state index contributed by atoms with van der Waals surface area (Å²) in [5, 5.41) is 0.337. The zero-order valence-corrected chi connectivity index (χ0v) is 17.3. The Morgan fingerprint density at radius 3 is 2.63 bits per heavy atom. The molecule has 1 aromatic carbocycles. The summed E-state index contributed by atoms with van der Waals surface area (Å²) in [5.41, 5.74) is 0.165. The summed E-state index contributed by atoms with van der Waals surface area (Å²) in [4.78, 5) is 11.7. The molecule has 0 saturated carbocycles. The molecule has 27 heavy (non-hydrogen) atoms. The highest BCUT2D eigenvalue weighted by atomic mass is 35.5. The Hall–Kier alpha value is -2.16. The molecular formula is C21H27ClO5. The first-order valence-corrected chi connectivity index (χ1v) is 9.22. The van der Waals surface area contributed by atoms with Gasteiger partial charge in [0.25, 0.3) is 0 Å². The van der Waals surface area contributed by atoms with E-state index in [0.717, 1.165) is 25.5 Å². The minimum atomic E-state index is -0.674. The van der Waals surface area contributed by atoms with E-state index in [1.54, 1.807) is 18.2 Å². The number of hydrogen-bond acceptors (Lipinski definition) is 5. The van der Waals surface area contributed by atoms with E-state index in [1.165, 1.54) is 14.2 Å². The van der Waals surface area contributed by atoms with Crippen molar-refractivity contribution in [3.05, 3.63) is 40.8 Å². The second-order valence-corrected chi connectivity index (χ2v) is 6.40. The van der Waals surface area contributed by atoms with E-state index in [4.69, 9.17) is 25.8 Å². The van der Waals surface area contributed by atoms with Crippen LogP contribution in [-0.4, -0.2) is 32.4 Å². The number of rotatable bonds is 9. The molecule has 0 bridgehead atoms. The van der Waals surface area contributed by atoms with Crippen LogP contribution in [-0.2, 0) is 19.0 Å². The summed E-state index contributed by atoms with van der Waals surface area (Å²) in [6, 6.07) is 5.09. The van der Waals surface area contributed by atoms with Gasteiger partial charge in [-0.25, -0.2) is 4.79 Å². The van der Waals surface area contributed by atoms with Crippen molar-refractivity contribution in [3.8, 4) is 17.6 Å². The number of carbonyl (C=O) groups excluding carboxylic acids is 1. The molecule has 0 amide bonds. The van der Waals surface area contributed by atoms with E-state index in [-0.39, 0.29) is 11.5 Å². The Balaban J connectivity index is 3.05. The van der Waals surface area contributed by atoms with Crippen molar-refractivity contribution in [3.63, 3.8) is 0 Å². The Bertz CT molecular complexity index is 717. The maximum atomic E-state index is 11.7. The molecule has 148 valence electrons. The van der Waals surface area contributed by atoms with Gasteiger partial charge in [-0.3, -0.25) is 0 Å². The normalized spacial score (nSPS) is 13.2. The number of esters is 1. The van der Waals surface area contributed by atoms with E-state index in [1.807, 2.05) is 13.8 Å². The SMILES string of the molecule is CCCCOC(C)(C#Cc1ccc(Cl)c(OC(=COC)C(=O)OC)c1)CC. The van der Waals surface area contributed by atoms with Crippen molar-refractivity contribution in [2.45, 2.75) is 45.6 Å². The third-order valence-electron chi connectivity index (χ3n) is 3.83. The molecule has 0 fully saturated rings. The lowest BCUT2D eigenvalue weighted by molar-refractivity contribution is -0.138. The van der Waals surface area contributed by atoms with Gasteiger partial charge in [0.1, 0.15) is 17.6 Å². The van der Waals surface area contributed by atoms with Gasteiger partial charge in [-0.15, -0.1) is 0 Å². The number of ether oxygens (including phenoxy) is 4. The van der Waals surface area contributed by atoms with Crippen LogP contribution in [0.3, 0.4) is 0 Å². The highest BCUT2D eigenvalue weighted by molar-refractivity contribution is 6.32. The molecule has 1 atom stereocenters. The van der Waals surface area contributed by atoms with Crippen molar-refractivity contribution in [2.75, 3.05) is 20.8 Å². The van der Waals surface area contributed by atoms with Crippen LogP contribution < -0.4 is 4.74 Å². The third kappa shape index (κ3) is 7.54. The maximum absolute atomic E-state index is 11.7. The van der Waals surface area contributed by atoms with Gasteiger partial charge in [0.05, 0.1) is 19.2 Å². The first-order valence-electron chi connectivity index (χ1n) is 8.84. The molecule has 0 saturated heterocycles. The zero-order chi connectivity index (χ0) is 20.3. The van der Waals surface area contributed by atoms with Gasteiger partial charge >= 0.3 is 5.97 Å². The van der Waals surface area contributed by atoms with E-state index < -0.39 is 11.6 Å². The first-order chi connectivity index (χ1) is 12.9. The average Bonchev–Trinajstić information content (AvgIpc) is 2.67. The number of methoxy groups -OCH3 is 2. The van der Waals surface area contributed by atoms with E-state index in [9.17, 15) is 4.79 Å². The molecule has 5 nitrogen and oxygen atoms in total. The highest BCUT2D eigenvalue weighted by Crippen LogP contribution is 2.27. The summed E-state index contributed by atoms with van der Waals surface area (Å²) in [7, 11) is 2.66. The lowest BCUT2D eigenvalue weighted by Gasteiger charge is -2.22. The van der Waals surface area contributed by atoms with Gasteiger partial charge in [-0.1, -0.05) is 43.7 Å². The number of benzene rings is 1. The summed E-state index contributed by atoms with van der Waals surface area (Å²) in [6.45, 7) is 6.80. The third-order valence-corrected chi connectivity index (χ3v) is 4.14. The monoisotopic (exact) mass is 394 g/mol. The molecule has 1 rings (SSSR count). The van der Waals surface area contributed by atoms with Crippen LogP contribution in [0.2, 0.25) is 5.02 Å². The Morgan fingerprint density at radius 1 is 1.30 bits per heavy atom. The van der Waals surface area contributed by atoms with Crippen LogP contribution in [0.25, 0.3) is 0 Å². The minimum Gasteiger partial charge on any atom is -0.500 e. The molecule has 0 N–H and O–H groups in total. The van der Waals surface area contributed by atoms with Gasteiger partial charge in [-0.2, -0.15) is 0 Å². The van der Waals surface area contributed by atoms with Gasteiger partial charge in [0.15, 0.2) is 0 Å². The van der Waals surface area contributed by atoms with E-state index >= 15 is 0 Å². The molecule has 1 aromatic rings. The predicted molar refractivity (Wildman–Crippen MR) is 106 cm³/mol. The molecule has 6 heteroatoms. The maximum Gasteiger partial charge on any atom is 0.377 e. The van der Waals surface area contributed by atoms with Crippen LogP contribution in [0.4, 0.5) is 0 Å². The van der Waals surface area contributed by atoms with E-state index in [0.29, 0.717) is 17.2 Å². The molecule has 0 aromatic heterocycles. The lowest BCUT2D eigenvalue weighted by Crippen LogP contribution is -2.26. The highest BCUT2D eigenvalue weighted by Gasteiger charge is 2.19. The van der Waals surface area contributed by atoms with Crippen LogP contribution in [0.5, 0.6) is 5.75 Å². The number of halogens is 1. The van der Waals surface area contributed by atoms with Crippen molar-refractivity contribution in [1.29, 1.82) is 0 Å². The van der Waals surface area contributed by atoms with Crippen molar-refractivity contribution < 1.29 is 23.7 Å². The number of carbonyl (C=O) groups is 1. The molecular weight excluding hydrogens is 368 g/mol. The predicted octanol–water partition coefficient (Wildman–Crippen LogP) is 4.72. The Labute approximate surface area is 166 Å². The van der Waals surface area contributed by atoms with Crippen LogP contribution in [0.1, 0.15) is 45.6 Å². The van der Waals surface area contributed by atoms with Gasteiger partial charge in [0.2, 0.25) is 5.76 Å².